The van der Waals surface area contributed by atoms with E-state index in [-0.39, 0.29) is 17.9 Å². The Morgan fingerprint density at radius 3 is 2.55 bits per heavy atom. The molecule has 3 aliphatic rings. The average Bonchev–Trinajstić information content (AvgIpc) is 3.33. The first-order chi connectivity index (χ1) is 13.7. The van der Waals surface area contributed by atoms with Gasteiger partial charge in [-0.2, -0.15) is 13.2 Å². The van der Waals surface area contributed by atoms with Gasteiger partial charge in [0.05, 0.1) is 18.6 Å². The Hall–Kier alpha value is -2.07. The molecule has 3 atom stereocenters. The lowest BCUT2D eigenvalue weighted by molar-refractivity contribution is -0.192. The van der Waals surface area contributed by atoms with Crippen LogP contribution in [0.4, 0.5) is 13.2 Å². The van der Waals surface area contributed by atoms with Crippen molar-refractivity contribution in [1.29, 1.82) is 0 Å². The van der Waals surface area contributed by atoms with Gasteiger partial charge in [-0.25, -0.2) is 4.79 Å². The molecule has 2 saturated heterocycles. The number of hydrogen-bond donors (Lipinski definition) is 2. The summed E-state index contributed by atoms with van der Waals surface area (Å²) in [6.07, 6.45) is 2.88. The van der Waals surface area contributed by atoms with E-state index in [9.17, 15) is 18.0 Å². The van der Waals surface area contributed by atoms with Gasteiger partial charge in [0, 0.05) is 49.7 Å². The maximum absolute atomic E-state index is 12.5. The second-order valence-corrected chi connectivity index (χ2v) is 7.71. The number of hydrogen-bond acceptors (Lipinski definition) is 5. The number of halogens is 3. The van der Waals surface area contributed by atoms with E-state index >= 15 is 0 Å². The van der Waals surface area contributed by atoms with Gasteiger partial charge in [-0.3, -0.25) is 9.69 Å². The molecule has 10 heteroatoms. The number of piperidine rings is 1. The molecule has 7 nitrogen and oxygen atoms in total. The number of nitrogens with zero attached hydrogens (tertiary/aromatic N) is 1. The number of likely N-dealkylation sites (tertiary alicyclic amines) is 1. The molecule has 3 fully saturated rings. The van der Waals surface area contributed by atoms with Gasteiger partial charge in [0.25, 0.3) is 0 Å². The van der Waals surface area contributed by atoms with Crippen LogP contribution in [0.2, 0.25) is 0 Å². The first kappa shape index (κ1) is 21.6. The number of ether oxygens (including phenoxy) is 1. The number of amides is 1. The van der Waals surface area contributed by atoms with Crippen molar-refractivity contribution < 1.29 is 37.0 Å². The number of carbonyl (C=O) groups is 2. The zero-order chi connectivity index (χ0) is 21.0. The van der Waals surface area contributed by atoms with E-state index in [4.69, 9.17) is 19.1 Å². The SMILES string of the molecule is O=C(NC1CC1)[C@@H]1CCO[C@@H]2CCN(Cc3ccoc3)C[C@H]21.O=C(O)C(F)(F)F. The predicted molar refractivity (Wildman–Crippen MR) is 94.8 cm³/mol. The lowest BCUT2D eigenvalue weighted by atomic mass is 9.79. The van der Waals surface area contributed by atoms with Crippen LogP contribution in [0.3, 0.4) is 0 Å². The van der Waals surface area contributed by atoms with Gasteiger partial charge in [-0.05, 0) is 31.7 Å². The van der Waals surface area contributed by atoms with Crippen molar-refractivity contribution in [1.82, 2.24) is 10.2 Å². The number of rotatable bonds is 4. The maximum Gasteiger partial charge on any atom is 0.490 e. The minimum absolute atomic E-state index is 0.117. The summed E-state index contributed by atoms with van der Waals surface area (Å²) in [5.41, 5.74) is 1.20. The monoisotopic (exact) mass is 418 g/mol. The quantitative estimate of drug-likeness (QED) is 0.780. The van der Waals surface area contributed by atoms with Crippen molar-refractivity contribution in [2.45, 2.75) is 50.6 Å². The molecule has 1 amide bonds. The van der Waals surface area contributed by atoms with E-state index < -0.39 is 12.1 Å². The Morgan fingerprint density at radius 1 is 1.24 bits per heavy atom. The normalized spacial score (nSPS) is 27.3. The first-order valence-corrected chi connectivity index (χ1v) is 9.69. The third kappa shape index (κ3) is 6.20. The summed E-state index contributed by atoms with van der Waals surface area (Å²) in [7, 11) is 0. The molecule has 1 saturated carbocycles. The largest absolute Gasteiger partial charge is 0.490 e. The van der Waals surface area contributed by atoms with E-state index in [1.165, 1.54) is 5.56 Å². The van der Waals surface area contributed by atoms with E-state index in [2.05, 4.69) is 10.2 Å². The van der Waals surface area contributed by atoms with Gasteiger partial charge >= 0.3 is 12.1 Å². The smallest absolute Gasteiger partial charge is 0.475 e. The van der Waals surface area contributed by atoms with Crippen molar-refractivity contribution in [3.63, 3.8) is 0 Å². The van der Waals surface area contributed by atoms with Crippen LogP contribution >= 0.6 is 0 Å². The molecule has 1 aromatic rings. The molecule has 0 bridgehead atoms. The number of carboxylic acids is 1. The highest BCUT2D eigenvalue weighted by atomic mass is 19.4. The van der Waals surface area contributed by atoms with Crippen molar-refractivity contribution in [2.75, 3.05) is 19.7 Å². The molecule has 1 aromatic heterocycles. The Morgan fingerprint density at radius 2 is 1.97 bits per heavy atom. The lowest BCUT2D eigenvalue weighted by Gasteiger charge is -2.44. The standard InChI is InChI=1S/C17H24N2O3.C2HF3O2/c20-17(18-13-1-2-13)14-5-8-22-16-3-6-19(10-15(14)16)9-12-4-7-21-11-12;3-2(4,5)1(6)7/h4,7,11,13-16H,1-3,5-6,8-10H2,(H,18,20);(H,6,7)/t14-,15+,16-;/m1./s1. The fourth-order valence-corrected chi connectivity index (χ4v) is 3.83. The number of fused-ring (bicyclic) bond motifs is 1. The number of carboxylic acid groups (broad SMARTS) is 1. The van der Waals surface area contributed by atoms with Crippen LogP contribution in [-0.2, 0) is 20.9 Å². The van der Waals surface area contributed by atoms with Gasteiger partial charge in [-0.15, -0.1) is 0 Å². The van der Waals surface area contributed by atoms with E-state index in [0.29, 0.717) is 12.0 Å². The number of furan rings is 1. The van der Waals surface area contributed by atoms with Crippen molar-refractivity contribution in [3.05, 3.63) is 24.2 Å². The molecule has 0 radical (unpaired) electrons. The summed E-state index contributed by atoms with van der Waals surface area (Å²) in [4.78, 5) is 23.9. The van der Waals surface area contributed by atoms with Gasteiger partial charge in [0.15, 0.2) is 0 Å². The van der Waals surface area contributed by atoms with Crippen molar-refractivity contribution in [2.24, 2.45) is 11.8 Å². The molecular formula is C19H25F3N2O5. The molecule has 0 spiro atoms. The molecule has 3 heterocycles. The highest BCUT2D eigenvalue weighted by molar-refractivity contribution is 5.79. The molecule has 0 unspecified atom stereocenters. The van der Waals surface area contributed by atoms with Crippen LogP contribution in [0, 0.1) is 11.8 Å². The fraction of sp³-hybridized carbons (Fsp3) is 0.684. The highest BCUT2D eigenvalue weighted by Crippen LogP contribution is 2.34. The summed E-state index contributed by atoms with van der Waals surface area (Å²) in [6.45, 7) is 3.60. The first-order valence-electron chi connectivity index (χ1n) is 9.69. The minimum atomic E-state index is -5.08. The van der Waals surface area contributed by atoms with E-state index in [0.717, 1.165) is 51.9 Å². The van der Waals surface area contributed by atoms with Crippen LogP contribution in [0.15, 0.2) is 23.0 Å². The van der Waals surface area contributed by atoms with Gasteiger partial charge < -0.3 is 19.6 Å². The maximum atomic E-state index is 12.5. The molecule has 0 aromatic carbocycles. The molecule has 4 rings (SSSR count). The van der Waals surface area contributed by atoms with Gasteiger partial charge in [-0.1, -0.05) is 0 Å². The molecular weight excluding hydrogens is 393 g/mol. The van der Waals surface area contributed by atoms with E-state index in [1.807, 2.05) is 6.07 Å². The Bertz CT molecular complexity index is 691. The third-order valence-electron chi connectivity index (χ3n) is 5.44. The molecule has 2 aliphatic heterocycles. The van der Waals surface area contributed by atoms with Crippen LogP contribution in [0.1, 0.15) is 31.2 Å². The summed E-state index contributed by atoms with van der Waals surface area (Å²) in [5, 5.41) is 10.3. The Kier molecular flexibility index (Phi) is 6.84. The number of aliphatic carboxylic acids is 1. The van der Waals surface area contributed by atoms with Crippen LogP contribution in [0.5, 0.6) is 0 Å². The zero-order valence-corrected chi connectivity index (χ0v) is 15.9. The zero-order valence-electron chi connectivity index (χ0n) is 15.9. The fourth-order valence-electron chi connectivity index (χ4n) is 3.83. The molecule has 1 aliphatic carbocycles. The van der Waals surface area contributed by atoms with Crippen LogP contribution < -0.4 is 5.32 Å². The van der Waals surface area contributed by atoms with Crippen molar-refractivity contribution in [3.8, 4) is 0 Å². The molecule has 29 heavy (non-hydrogen) atoms. The summed E-state index contributed by atoms with van der Waals surface area (Å²) in [6, 6.07) is 2.46. The van der Waals surface area contributed by atoms with Gasteiger partial charge in [0.1, 0.15) is 0 Å². The number of alkyl halides is 3. The number of nitrogens with one attached hydrogen (secondary N) is 1. The average molecular weight is 418 g/mol. The molecule has 162 valence electrons. The van der Waals surface area contributed by atoms with Crippen molar-refractivity contribution >= 4 is 11.9 Å². The third-order valence-corrected chi connectivity index (χ3v) is 5.44. The second-order valence-electron chi connectivity index (χ2n) is 7.71. The van der Waals surface area contributed by atoms with Crippen LogP contribution in [0.25, 0.3) is 0 Å². The molecule has 2 N–H and O–H groups in total. The topological polar surface area (TPSA) is 92.0 Å². The van der Waals surface area contributed by atoms with Crippen LogP contribution in [-0.4, -0.2) is 59.9 Å². The van der Waals surface area contributed by atoms with Gasteiger partial charge in [0.2, 0.25) is 5.91 Å². The lowest BCUT2D eigenvalue weighted by Crippen LogP contribution is -2.53. The van der Waals surface area contributed by atoms with E-state index in [1.54, 1.807) is 12.5 Å². The Balaban J connectivity index is 0.000000298. The summed E-state index contributed by atoms with van der Waals surface area (Å²) < 4.78 is 42.8. The minimum Gasteiger partial charge on any atom is -0.475 e. The predicted octanol–water partition coefficient (Wildman–Crippen LogP) is 2.42. The highest BCUT2D eigenvalue weighted by Gasteiger charge is 2.42. The summed E-state index contributed by atoms with van der Waals surface area (Å²) >= 11 is 0. The summed E-state index contributed by atoms with van der Waals surface area (Å²) in [5.74, 6) is -2.06. The Labute approximate surface area is 166 Å². The number of carbonyl (C=O) groups excluding carboxylic acids is 1. The second kappa shape index (κ2) is 9.17.